The van der Waals surface area contributed by atoms with E-state index in [1.807, 2.05) is 52.7 Å². The SMILES string of the molecule is Cc1ccc2c(cnn2COCC[Si](C)(C)C)c1N1CCc2c(nc(O[C@H](C)CN(C)C)nc2N2CCN(C(=O)OC(C)(C)C)CC2)C1. The summed E-state index contributed by atoms with van der Waals surface area (Å²) in [6, 6.07) is 5.86. The molecular weight excluding hydrogens is 625 g/mol. The number of hydrogen-bond acceptors (Lipinski definition) is 10. The number of nitrogens with zero attached hydrogens (tertiary/aromatic N) is 8. The van der Waals surface area contributed by atoms with Gasteiger partial charge in [0.25, 0.3) is 0 Å². The predicted molar refractivity (Wildman–Crippen MR) is 194 cm³/mol. The fourth-order valence-electron chi connectivity index (χ4n) is 6.35. The van der Waals surface area contributed by atoms with Crippen molar-refractivity contribution < 1.29 is 19.0 Å². The van der Waals surface area contributed by atoms with Crippen LogP contribution < -0.4 is 14.5 Å². The summed E-state index contributed by atoms with van der Waals surface area (Å²) in [6.07, 6.45) is 2.43. The molecule has 1 saturated heterocycles. The molecule has 264 valence electrons. The minimum atomic E-state index is -1.16. The Balaban J connectivity index is 1.39. The first kappa shape index (κ1) is 35.9. The lowest BCUT2D eigenvalue weighted by molar-refractivity contribution is 0.0240. The molecule has 2 aliphatic heterocycles. The van der Waals surface area contributed by atoms with Gasteiger partial charge in [-0.25, -0.2) is 9.48 Å². The Kier molecular flexibility index (Phi) is 10.9. The minimum Gasteiger partial charge on any atom is -0.459 e. The van der Waals surface area contributed by atoms with Crippen molar-refractivity contribution in [1.82, 2.24) is 29.5 Å². The van der Waals surface area contributed by atoms with E-state index in [1.165, 1.54) is 11.3 Å². The first-order valence-corrected chi connectivity index (χ1v) is 21.0. The number of rotatable bonds is 11. The average molecular weight is 681 g/mol. The molecule has 0 spiro atoms. The number of aryl methyl sites for hydroxylation is 1. The van der Waals surface area contributed by atoms with Crippen LogP contribution in [0.4, 0.5) is 16.3 Å². The second-order valence-electron chi connectivity index (χ2n) is 15.7. The van der Waals surface area contributed by atoms with Gasteiger partial charge in [0.1, 0.15) is 24.3 Å². The molecular formula is C35H56N8O4Si. The number of ether oxygens (including phenoxy) is 3. The molecule has 2 aliphatic rings. The lowest BCUT2D eigenvalue weighted by Gasteiger charge is -2.38. The Labute approximate surface area is 287 Å². The third-order valence-corrected chi connectivity index (χ3v) is 10.4. The van der Waals surface area contributed by atoms with Crippen LogP contribution in [0.3, 0.4) is 0 Å². The summed E-state index contributed by atoms with van der Waals surface area (Å²) in [7, 11) is 2.91. The highest BCUT2D eigenvalue weighted by Gasteiger charge is 2.31. The zero-order chi connectivity index (χ0) is 34.8. The Bertz CT molecular complexity index is 1570. The van der Waals surface area contributed by atoms with Gasteiger partial charge in [-0.2, -0.15) is 15.1 Å². The molecule has 0 saturated carbocycles. The number of carbonyl (C=O) groups excluding carboxylic acids is 1. The van der Waals surface area contributed by atoms with E-state index in [-0.39, 0.29) is 12.2 Å². The summed E-state index contributed by atoms with van der Waals surface area (Å²) < 4.78 is 20.0. The Morgan fingerprint density at radius 1 is 1.04 bits per heavy atom. The van der Waals surface area contributed by atoms with Gasteiger partial charge in [0.15, 0.2) is 0 Å². The van der Waals surface area contributed by atoms with Crippen LogP contribution in [0.15, 0.2) is 18.3 Å². The summed E-state index contributed by atoms with van der Waals surface area (Å²) in [5, 5.41) is 5.86. The third-order valence-electron chi connectivity index (χ3n) is 8.71. The largest absolute Gasteiger partial charge is 0.459 e. The first-order chi connectivity index (χ1) is 22.6. The van der Waals surface area contributed by atoms with Crippen LogP contribution in [0, 0.1) is 6.92 Å². The number of benzene rings is 1. The molecule has 12 nitrogen and oxygen atoms in total. The van der Waals surface area contributed by atoms with Crippen LogP contribution in [0.2, 0.25) is 25.7 Å². The van der Waals surface area contributed by atoms with Crippen LogP contribution in [-0.4, -0.2) is 115 Å². The molecule has 0 N–H and O–H groups in total. The monoisotopic (exact) mass is 680 g/mol. The van der Waals surface area contributed by atoms with Crippen LogP contribution in [0.1, 0.15) is 44.5 Å². The van der Waals surface area contributed by atoms with Crippen molar-refractivity contribution >= 4 is 36.6 Å². The second kappa shape index (κ2) is 14.6. The van der Waals surface area contributed by atoms with Gasteiger partial charge in [0.2, 0.25) is 0 Å². The van der Waals surface area contributed by atoms with E-state index < -0.39 is 13.7 Å². The number of hydrogen-bond donors (Lipinski definition) is 0. The maximum atomic E-state index is 12.8. The zero-order valence-corrected chi connectivity index (χ0v) is 31.8. The molecule has 1 aromatic carbocycles. The van der Waals surface area contributed by atoms with E-state index in [9.17, 15) is 4.79 Å². The van der Waals surface area contributed by atoms with Crippen LogP contribution >= 0.6 is 0 Å². The molecule has 1 amide bonds. The maximum absolute atomic E-state index is 12.8. The van der Waals surface area contributed by atoms with Gasteiger partial charge in [-0.15, -0.1) is 0 Å². The molecule has 0 radical (unpaired) electrons. The normalized spacial score (nSPS) is 16.4. The highest BCUT2D eigenvalue weighted by atomic mass is 28.3. The van der Waals surface area contributed by atoms with Crippen LogP contribution in [0.25, 0.3) is 10.9 Å². The molecule has 5 rings (SSSR count). The number of amides is 1. The Morgan fingerprint density at radius 3 is 2.44 bits per heavy atom. The van der Waals surface area contributed by atoms with Crippen molar-refractivity contribution in [2.24, 2.45) is 0 Å². The standard InChI is InChI=1S/C35H56N8O4Si/c1-25-11-12-30-28(21-36-43(30)24-45-19-20-48(8,9)10)31(25)42-14-13-27-29(23-42)37-33(46-26(2)22-39(6)7)38-32(27)40-15-17-41(18-16-40)34(44)47-35(3,4)5/h11-12,21,26H,13-20,22-24H2,1-10H3/t26-/m1/s1. The summed E-state index contributed by atoms with van der Waals surface area (Å²) in [4.78, 5) is 31.4. The van der Waals surface area contributed by atoms with Crippen LogP contribution in [0.5, 0.6) is 6.01 Å². The Morgan fingerprint density at radius 2 is 1.77 bits per heavy atom. The average Bonchev–Trinajstić information content (AvgIpc) is 3.39. The fraction of sp³-hybridized carbons (Fsp3) is 0.657. The summed E-state index contributed by atoms with van der Waals surface area (Å²) in [5.41, 5.74) is 5.06. The van der Waals surface area contributed by atoms with E-state index in [1.54, 1.807) is 4.90 Å². The van der Waals surface area contributed by atoms with E-state index in [0.29, 0.717) is 45.5 Å². The van der Waals surface area contributed by atoms with E-state index >= 15 is 0 Å². The van der Waals surface area contributed by atoms with Gasteiger partial charge in [-0.05, 0) is 72.8 Å². The second-order valence-corrected chi connectivity index (χ2v) is 21.3. The van der Waals surface area contributed by atoms with Gasteiger partial charge in [-0.3, -0.25) is 0 Å². The molecule has 3 aromatic rings. The van der Waals surface area contributed by atoms with E-state index in [0.717, 1.165) is 60.1 Å². The van der Waals surface area contributed by atoms with Crippen molar-refractivity contribution in [3.63, 3.8) is 0 Å². The predicted octanol–water partition coefficient (Wildman–Crippen LogP) is 5.40. The molecule has 1 fully saturated rings. The summed E-state index contributed by atoms with van der Waals surface area (Å²) in [5.74, 6) is 0.911. The lowest BCUT2D eigenvalue weighted by Crippen LogP contribution is -2.50. The molecule has 2 aromatic heterocycles. The molecule has 4 heterocycles. The molecule has 0 bridgehead atoms. The highest BCUT2D eigenvalue weighted by molar-refractivity contribution is 6.76. The van der Waals surface area contributed by atoms with E-state index in [4.69, 9.17) is 29.3 Å². The zero-order valence-electron chi connectivity index (χ0n) is 30.8. The van der Waals surface area contributed by atoms with Crippen molar-refractivity contribution in [2.45, 2.75) is 91.7 Å². The molecule has 1 atom stereocenters. The maximum Gasteiger partial charge on any atom is 0.410 e. The lowest BCUT2D eigenvalue weighted by atomic mass is 10.0. The minimum absolute atomic E-state index is 0.0793. The number of piperazine rings is 1. The van der Waals surface area contributed by atoms with Crippen LogP contribution in [-0.2, 0) is 29.2 Å². The fourth-order valence-corrected chi connectivity index (χ4v) is 7.11. The van der Waals surface area contributed by atoms with Crippen molar-refractivity contribution in [3.05, 3.63) is 35.2 Å². The highest BCUT2D eigenvalue weighted by Crippen LogP contribution is 2.36. The van der Waals surface area contributed by atoms with Crippen molar-refractivity contribution in [1.29, 1.82) is 0 Å². The molecule has 0 unspecified atom stereocenters. The van der Waals surface area contributed by atoms with Gasteiger partial charge in [-0.1, -0.05) is 25.7 Å². The number of anilines is 2. The smallest absolute Gasteiger partial charge is 0.410 e. The summed E-state index contributed by atoms with van der Waals surface area (Å²) >= 11 is 0. The molecule has 48 heavy (non-hydrogen) atoms. The van der Waals surface area contributed by atoms with Crippen molar-refractivity contribution in [3.8, 4) is 6.01 Å². The Hall–Kier alpha value is -3.42. The quantitative estimate of drug-likeness (QED) is 0.193. The van der Waals surface area contributed by atoms with Crippen molar-refractivity contribution in [2.75, 3.05) is 69.8 Å². The topological polar surface area (TPSA) is 101 Å². The van der Waals surface area contributed by atoms with Gasteiger partial charge >= 0.3 is 12.1 Å². The first-order valence-electron chi connectivity index (χ1n) is 17.3. The third kappa shape index (κ3) is 8.97. The molecule has 13 heteroatoms. The molecule has 0 aliphatic carbocycles. The summed E-state index contributed by atoms with van der Waals surface area (Å²) in [6.45, 7) is 22.9. The number of aromatic nitrogens is 4. The number of carbonyl (C=O) groups is 1. The number of fused-ring (bicyclic) bond motifs is 2. The van der Waals surface area contributed by atoms with Gasteiger partial charge < -0.3 is 33.8 Å². The van der Waals surface area contributed by atoms with Gasteiger partial charge in [0.05, 0.1) is 29.6 Å². The number of likely N-dealkylation sites (N-methyl/N-ethyl adjacent to an activating group) is 1. The van der Waals surface area contributed by atoms with Gasteiger partial charge in [0, 0.05) is 64.9 Å². The van der Waals surface area contributed by atoms with E-state index in [2.05, 4.69) is 53.4 Å².